The molecule has 0 N–H and O–H groups in total. The van der Waals surface area contributed by atoms with Crippen LogP contribution in [0.3, 0.4) is 0 Å². The first-order chi connectivity index (χ1) is 3.91. The van der Waals surface area contributed by atoms with Gasteiger partial charge in [0.25, 0.3) is 0 Å². The number of rotatable bonds is 2. The van der Waals surface area contributed by atoms with E-state index in [-0.39, 0.29) is 11.4 Å². The van der Waals surface area contributed by atoms with Crippen molar-refractivity contribution in [3.05, 3.63) is 0 Å². The van der Waals surface area contributed by atoms with E-state index in [0.29, 0.717) is 6.61 Å². The molecule has 0 aliphatic carbocycles. The van der Waals surface area contributed by atoms with Gasteiger partial charge in [0.1, 0.15) is 15.4 Å². The van der Waals surface area contributed by atoms with Crippen molar-refractivity contribution in [2.45, 2.75) is 12.5 Å². The Hall–Kier alpha value is -0.0900. The molecule has 0 radical (unpaired) electrons. The Morgan fingerprint density at radius 2 is 2.11 bits per heavy atom. The minimum absolute atomic E-state index is 0.153. The van der Waals surface area contributed by atoms with Gasteiger partial charge in [-0.1, -0.05) is 0 Å². The molecule has 1 unspecified atom stereocenters. The van der Waals surface area contributed by atoms with Gasteiger partial charge in [-0.05, 0) is 6.92 Å². The molecule has 0 spiro atoms. The van der Waals surface area contributed by atoms with E-state index in [2.05, 4.69) is 0 Å². The van der Waals surface area contributed by atoms with Crippen LogP contribution < -0.4 is 0 Å². The van der Waals surface area contributed by atoms with Gasteiger partial charge in [-0.3, -0.25) is 0 Å². The van der Waals surface area contributed by atoms with Crippen LogP contribution in [-0.2, 0) is 14.6 Å². The molecule has 1 heterocycles. The molecule has 4 heteroatoms. The number of epoxide rings is 1. The van der Waals surface area contributed by atoms with Crippen molar-refractivity contribution in [3.63, 3.8) is 0 Å². The van der Waals surface area contributed by atoms with Gasteiger partial charge in [-0.25, -0.2) is 8.42 Å². The second-order valence-corrected chi connectivity index (χ2v) is 4.95. The molecule has 1 fully saturated rings. The van der Waals surface area contributed by atoms with Crippen molar-refractivity contribution in [1.29, 1.82) is 0 Å². The Bertz CT molecular complexity index is 200. The summed E-state index contributed by atoms with van der Waals surface area (Å²) in [5.41, 5.74) is -0.354. The standard InChI is InChI=1S/C5H10O3S/c1-5(3-8-5)4-9(2,6)7/h3-4H2,1-2H3. The van der Waals surface area contributed by atoms with Crippen LogP contribution in [-0.4, -0.2) is 32.6 Å². The molecule has 3 nitrogen and oxygen atoms in total. The van der Waals surface area contributed by atoms with E-state index in [1.165, 1.54) is 6.26 Å². The van der Waals surface area contributed by atoms with Gasteiger partial charge in [0, 0.05) is 6.26 Å². The molecule has 9 heavy (non-hydrogen) atoms. The number of ether oxygens (including phenoxy) is 1. The fourth-order valence-electron chi connectivity index (χ4n) is 0.761. The quantitative estimate of drug-likeness (QED) is 0.513. The summed E-state index contributed by atoms with van der Waals surface area (Å²) in [4.78, 5) is 0. The molecule has 1 atom stereocenters. The molecular weight excluding hydrogens is 140 g/mol. The SMILES string of the molecule is CC1(CS(C)(=O)=O)CO1. The molecule has 0 aromatic rings. The highest BCUT2D eigenvalue weighted by Gasteiger charge is 2.42. The van der Waals surface area contributed by atoms with Crippen molar-refractivity contribution in [1.82, 2.24) is 0 Å². The summed E-state index contributed by atoms with van der Waals surface area (Å²) in [5.74, 6) is 0.153. The lowest BCUT2D eigenvalue weighted by Gasteiger charge is -1.99. The largest absolute Gasteiger partial charge is 0.369 e. The molecule has 54 valence electrons. The molecule has 0 saturated carbocycles. The van der Waals surface area contributed by atoms with Crippen LogP contribution in [0, 0.1) is 0 Å². The summed E-state index contributed by atoms with van der Waals surface area (Å²) in [6, 6.07) is 0. The summed E-state index contributed by atoms with van der Waals surface area (Å²) >= 11 is 0. The second-order valence-electron chi connectivity index (χ2n) is 2.81. The van der Waals surface area contributed by atoms with Crippen molar-refractivity contribution in [2.24, 2.45) is 0 Å². The molecule has 0 aromatic carbocycles. The van der Waals surface area contributed by atoms with Crippen molar-refractivity contribution < 1.29 is 13.2 Å². The Morgan fingerprint density at radius 1 is 1.67 bits per heavy atom. The van der Waals surface area contributed by atoms with Crippen molar-refractivity contribution >= 4 is 9.84 Å². The van der Waals surface area contributed by atoms with Gasteiger partial charge in [-0.15, -0.1) is 0 Å². The third-order valence-corrected chi connectivity index (χ3v) is 2.34. The minimum atomic E-state index is -2.84. The van der Waals surface area contributed by atoms with Gasteiger partial charge >= 0.3 is 0 Å². The molecule has 0 amide bonds. The molecule has 0 aromatic heterocycles. The smallest absolute Gasteiger partial charge is 0.150 e. The second kappa shape index (κ2) is 1.70. The molecule has 1 rings (SSSR count). The normalized spacial score (nSPS) is 34.4. The third kappa shape index (κ3) is 2.32. The van der Waals surface area contributed by atoms with Gasteiger partial charge < -0.3 is 4.74 Å². The Kier molecular flexibility index (Phi) is 1.33. The lowest BCUT2D eigenvalue weighted by molar-refractivity contribution is 0.345. The highest BCUT2D eigenvalue weighted by atomic mass is 32.2. The van der Waals surface area contributed by atoms with E-state index in [1.807, 2.05) is 0 Å². The Balaban J connectivity index is 2.53. The van der Waals surface area contributed by atoms with Crippen LogP contribution in [0.4, 0.5) is 0 Å². The third-order valence-electron chi connectivity index (χ3n) is 1.20. The zero-order valence-corrected chi connectivity index (χ0v) is 6.36. The van der Waals surface area contributed by atoms with Crippen LogP contribution >= 0.6 is 0 Å². The van der Waals surface area contributed by atoms with Crippen molar-refractivity contribution in [3.8, 4) is 0 Å². The van der Waals surface area contributed by atoms with E-state index in [4.69, 9.17) is 4.74 Å². The summed E-state index contributed by atoms with van der Waals surface area (Å²) < 4.78 is 26.1. The van der Waals surface area contributed by atoms with E-state index < -0.39 is 9.84 Å². The van der Waals surface area contributed by atoms with Crippen LogP contribution in [0.25, 0.3) is 0 Å². The van der Waals surface area contributed by atoms with Crippen LogP contribution in [0.2, 0.25) is 0 Å². The average Bonchev–Trinajstić information content (AvgIpc) is 2.12. The fourth-order valence-corrected chi connectivity index (χ4v) is 2.04. The highest BCUT2D eigenvalue weighted by molar-refractivity contribution is 7.90. The average molecular weight is 150 g/mol. The van der Waals surface area contributed by atoms with Gasteiger partial charge in [-0.2, -0.15) is 0 Å². The summed E-state index contributed by atoms with van der Waals surface area (Å²) in [7, 11) is -2.84. The van der Waals surface area contributed by atoms with Crippen LogP contribution in [0.15, 0.2) is 0 Å². The predicted octanol–water partition coefficient (Wildman–Crippen LogP) is -0.180. The summed E-state index contributed by atoms with van der Waals surface area (Å²) in [5, 5.41) is 0. The number of hydrogen-bond donors (Lipinski definition) is 0. The fraction of sp³-hybridized carbons (Fsp3) is 1.00. The maximum Gasteiger partial charge on any atom is 0.150 e. The van der Waals surface area contributed by atoms with Crippen LogP contribution in [0.1, 0.15) is 6.92 Å². The van der Waals surface area contributed by atoms with Gasteiger partial charge in [0.2, 0.25) is 0 Å². The summed E-state index contributed by atoms with van der Waals surface area (Å²) in [6.45, 7) is 2.38. The van der Waals surface area contributed by atoms with Gasteiger partial charge in [0.05, 0.1) is 12.4 Å². The Labute approximate surface area is 54.9 Å². The molecule has 0 bridgehead atoms. The Morgan fingerprint density at radius 3 is 2.22 bits per heavy atom. The molecule has 1 aliphatic rings. The lowest BCUT2D eigenvalue weighted by atomic mass is 10.3. The maximum atomic E-state index is 10.6. The van der Waals surface area contributed by atoms with Crippen molar-refractivity contribution in [2.75, 3.05) is 18.6 Å². The van der Waals surface area contributed by atoms with Gasteiger partial charge in [0.15, 0.2) is 0 Å². The zero-order valence-electron chi connectivity index (χ0n) is 5.55. The monoisotopic (exact) mass is 150 g/mol. The molecule has 1 aliphatic heterocycles. The van der Waals surface area contributed by atoms with E-state index in [9.17, 15) is 8.42 Å². The minimum Gasteiger partial charge on any atom is -0.369 e. The van der Waals surface area contributed by atoms with E-state index in [0.717, 1.165) is 0 Å². The van der Waals surface area contributed by atoms with E-state index in [1.54, 1.807) is 6.92 Å². The molecular formula is C5H10O3S. The molecule has 1 saturated heterocycles. The summed E-state index contributed by atoms with van der Waals surface area (Å²) in [6.07, 6.45) is 1.22. The first-order valence-electron chi connectivity index (χ1n) is 2.73. The lowest BCUT2D eigenvalue weighted by Crippen LogP contribution is -2.19. The first-order valence-corrected chi connectivity index (χ1v) is 4.79. The zero-order chi connectivity index (χ0) is 7.12. The number of sulfone groups is 1. The first kappa shape index (κ1) is 7.02. The number of hydrogen-bond acceptors (Lipinski definition) is 3. The topological polar surface area (TPSA) is 46.7 Å². The highest BCUT2D eigenvalue weighted by Crippen LogP contribution is 2.26. The van der Waals surface area contributed by atoms with Crippen LogP contribution in [0.5, 0.6) is 0 Å². The predicted molar refractivity (Wildman–Crippen MR) is 34.1 cm³/mol. The maximum absolute atomic E-state index is 10.6. The van der Waals surface area contributed by atoms with E-state index >= 15 is 0 Å².